The van der Waals surface area contributed by atoms with Crippen LogP contribution in [0, 0.1) is 6.92 Å². The van der Waals surface area contributed by atoms with E-state index in [1.165, 1.54) is 37.6 Å². The van der Waals surface area contributed by atoms with Crippen molar-refractivity contribution in [2.45, 2.75) is 11.8 Å². The molecule has 0 aliphatic heterocycles. The molecule has 0 saturated carbocycles. The van der Waals surface area contributed by atoms with E-state index in [1.807, 2.05) is 43.3 Å². The van der Waals surface area contributed by atoms with Crippen LogP contribution in [-0.4, -0.2) is 27.7 Å². The molecule has 0 atom stereocenters. The van der Waals surface area contributed by atoms with Gasteiger partial charge in [0, 0.05) is 11.8 Å². The van der Waals surface area contributed by atoms with Crippen LogP contribution in [0.3, 0.4) is 0 Å². The van der Waals surface area contributed by atoms with Gasteiger partial charge in [-0.15, -0.1) is 0 Å². The van der Waals surface area contributed by atoms with Crippen molar-refractivity contribution < 1.29 is 17.9 Å². The number of hydrogen-bond acceptors (Lipinski definition) is 4. The fourth-order valence-electron chi connectivity index (χ4n) is 2.64. The number of aryl methyl sites for hydroxylation is 1. The summed E-state index contributed by atoms with van der Waals surface area (Å²) in [5.41, 5.74) is 1.97. The largest absolute Gasteiger partial charge is 0.465 e. The molecule has 0 radical (unpaired) electrons. The van der Waals surface area contributed by atoms with Crippen molar-refractivity contribution in [1.82, 2.24) is 0 Å². The Morgan fingerprint density at radius 1 is 1.00 bits per heavy atom. The van der Waals surface area contributed by atoms with Gasteiger partial charge in [-0.1, -0.05) is 36.4 Å². The van der Waals surface area contributed by atoms with Crippen molar-refractivity contribution in [2.75, 3.05) is 7.11 Å². The lowest BCUT2D eigenvalue weighted by molar-refractivity contribution is 0.0600. The second kappa shape index (κ2) is 7.09. The van der Waals surface area contributed by atoms with E-state index >= 15 is 0 Å². The monoisotopic (exact) mass is 367 g/mol. The molecule has 0 spiro atoms. The maximum absolute atomic E-state index is 12.5. The average Bonchev–Trinajstić information content (AvgIpc) is 2.66. The maximum atomic E-state index is 12.5. The number of carbonyl (C=O) groups excluding carboxylic acids is 1. The van der Waals surface area contributed by atoms with Crippen molar-refractivity contribution >= 4 is 33.0 Å². The molecule has 0 heterocycles. The van der Waals surface area contributed by atoms with Crippen molar-refractivity contribution in [2.24, 2.45) is 4.40 Å². The van der Waals surface area contributed by atoms with E-state index in [-0.39, 0.29) is 10.5 Å². The number of sulfonamides is 1. The Morgan fingerprint density at radius 3 is 2.38 bits per heavy atom. The van der Waals surface area contributed by atoms with E-state index in [9.17, 15) is 13.2 Å². The average molecular weight is 367 g/mol. The van der Waals surface area contributed by atoms with E-state index < -0.39 is 16.0 Å². The fraction of sp³-hybridized carbons (Fsp3) is 0.100. The molecular formula is C20H17NO4S. The summed E-state index contributed by atoms with van der Waals surface area (Å²) in [6.07, 6.45) is 1.38. The molecule has 0 aromatic heterocycles. The Balaban J connectivity index is 1.97. The summed E-state index contributed by atoms with van der Waals surface area (Å²) >= 11 is 0. The highest BCUT2D eigenvalue weighted by atomic mass is 32.2. The Morgan fingerprint density at radius 2 is 1.69 bits per heavy atom. The van der Waals surface area contributed by atoms with Gasteiger partial charge in [0.05, 0.1) is 17.6 Å². The van der Waals surface area contributed by atoms with Gasteiger partial charge in [-0.25, -0.2) is 4.79 Å². The number of benzene rings is 3. The number of carbonyl (C=O) groups is 1. The summed E-state index contributed by atoms with van der Waals surface area (Å²) in [5.74, 6) is -0.524. The number of nitrogens with zero attached hydrogens (tertiary/aromatic N) is 1. The Hall–Kier alpha value is -2.99. The maximum Gasteiger partial charge on any atom is 0.337 e. The van der Waals surface area contributed by atoms with E-state index in [1.54, 1.807) is 0 Å². The van der Waals surface area contributed by atoms with Gasteiger partial charge in [-0.2, -0.15) is 12.8 Å². The number of methoxy groups -OCH3 is 1. The molecule has 0 aliphatic carbocycles. The number of esters is 1. The summed E-state index contributed by atoms with van der Waals surface area (Å²) in [4.78, 5) is 11.5. The standard InChI is InChI=1S/C20H17NO4S/c1-14-7-8-15-5-3-4-6-18(15)19(14)13-21-26(23,24)17-11-9-16(10-12-17)20(22)25-2/h3-13H,1-2H3/b21-13+. The lowest BCUT2D eigenvalue weighted by atomic mass is 10.0. The molecule has 0 aliphatic rings. The number of rotatable bonds is 4. The van der Waals surface area contributed by atoms with E-state index in [0.29, 0.717) is 0 Å². The smallest absolute Gasteiger partial charge is 0.337 e. The number of ether oxygens (including phenoxy) is 1. The van der Waals surface area contributed by atoms with Crippen LogP contribution in [0.25, 0.3) is 10.8 Å². The van der Waals surface area contributed by atoms with Crippen molar-refractivity contribution in [1.29, 1.82) is 0 Å². The molecule has 26 heavy (non-hydrogen) atoms. The van der Waals surface area contributed by atoms with Gasteiger partial charge in [0.2, 0.25) is 0 Å². The molecule has 132 valence electrons. The molecule has 6 heteroatoms. The van der Waals surface area contributed by atoms with Crippen LogP contribution in [0.15, 0.2) is 70.0 Å². The van der Waals surface area contributed by atoms with Crippen LogP contribution >= 0.6 is 0 Å². The van der Waals surface area contributed by atoms with Gasteiger partial charge >= 0.3 is 5.97 Å². The van der Waals surface area contributed by atoms with Crippen LogP contribution < -0.4 is 0 Å². The van der Waals surface area contributed by atoms with Gasteiger partial charge in [-0.05, 0) is 47.5 Å². The van der Waals surface area contributed by atoms with E-state index in [0.717, 1.165) is 21.9 Å². The highest BCUT2D eigenvalue weighted by Crippen LogP contribution is 2.21. The van der Waals surface area contributed by atoms with E-state index in [2.05, 4.69) is 9.13 Å². The van der Waals surface area contributed by atoms with Gasteiger partial charge in [0.15, 0.2) is 0 Å². The Bertz CT molecular complexity index is 1100. The van der Waals surface area contributed by atoms with Crippen molar-refractivity contribution in [3.8, 4) is 0 Å². The SMILES string of the molecule is COC(=O)c1ccc(S(=O)(=O)/N=C/c2c(C)ccc3ccccc23)cc1. The molecule has 3 rings (SSSR count). The third-order valence-corrected chi connectivity index (χ3v) is 5.33. The second-order valence-electron chi connectivity index (χ2n) is 5.74. The lowest BCUT2D eigenvalue weighted by Crippen LogP contribution is -2.03. The van der Waals surface area contributed by atoms with Crippen LogP contribution in [0.2, 0.25) is 0 Å². The van der Waals surface area contributed by atoms with Gasteiger partial charge in [0.25, 0.3) is 10.0 Å². The third kappa shape index (κ3) is 3.50. The molecule has 0 amide bonds. The normalized spacial score (nSPS) is 11.8. The van der Waals surface area contributed by atoms with Gasteiger partial charge in [-0.3, -0.25) is 0 Å². The minimum absolute atomic E-state index is 0.0132. The first-order valence-corrected chi connectivity index (χ1v) is 9.33. The Labute approximate surface area is 152 Å². The molecular weight excluding hydrogens is 350 g/mol. The van der Waals surface area contributed by atoms with Crippen LogP contribution in [0.5, 0.6) is 0 Å². The highest BCUT2D eigenvalue weighted by Gasteiger charge is 2.14. The molecule has 0 saturated heterocycles. The zero-order valence-corrected chi connectivity index (χ0v) is 15.2. The fourth-order valence-corrected chi connectivity index (χ4v) is 3.49. The van der Waals surface area contributed by atoms with Crippen LogP contribution in [0.4, 0.5) is 0 Å². The first-order chi connectivity index (χ1) is 12.4. The molecule has 0 bridgehead atoms. The van der Waals surface area contributed by atoms with Crippen LogP contribution in [-0.2, 0) is 14.8 Å². The third-order valence-electron chi connectivity index (χ3n) is 4.08. The molecule has 0 unspecified atom stereocenters. The van der Waals surface area contributed by atoms with Crippen molar-refractivity contribution in [3.63, 3.8) is 0 Å². The van der Waals surface area contributed by atoms with Crippen molar-refractivity contribution in [3.05, 3.63) is 77.4 Å². The van der Waals surface area contributed by atoms with Gasteiger partial charge in [0.1, 0.15) is 0 Å². The minimum Gasteiger partial charge on any atom is -0.465 e. The molecule has 3 aromatic rings. The van der Waals surface area contributed by atoms with Gasteiger partial charge < -0.3 is 4.74 Å². The first kappa shape index (κ1) is 17.8. The predicted molar refractivity (Wildman–Crippen MR) is 101 cm³/mol. The minimum atomic E-state index is -3.88. The van der Waals surface area contributed by atoms with Crippen LogP contribution in [0.1, 0.15) is 21.5 Å². The summed E-state index contributed by atoms with van der Waals surface area (Å²) in [6.45, 7) is 1.91. The predicted octanol–water partition coefficient (Wildman–Crippen LogP) is 3.74. The zero-order valence-electron chi connectivity index (χ0n) is 14.3. The Kier molecular flexibility index (Phi) is 4.86. The summed E-state index contributed by atoms with van der Waals surface area (Å²) in [5, 5.41) is 1.95. The summed E-state index contributed by atoms with van der Waals surface area (Å²) in [6, 6.07) is 17.1. The quantitative estimate of drug-likeness (QED) is 0.520. The molecule has 3 aromatic carbocycles. The number of hydrogen-bond donors (Lipinski definition) is 0. The topological polar surface area (TPSA) is 72.8 Å². The molecule has 0 N–H and O–H groups in total. The second-order valence-corrected chi connectivity index (χ2v) is 7.38. The highest BCUT2D eigenvalue weighted by molar-refractivity contribution is 7.90. The number of fused-ring (bicyclic) bond motifs is 1. The lowest BCUT2D eigenvalue weighted by Gasteiger charge is -2.06. The summed E-state index contributed by atoms with van der Waals surface area (Å²) in [7, 11) is -2.61. The summed E-state index contributed by atoms with van der Waals surface area (Å²) < 4.78 is 33.4. The molecule has 0 fully saturated rings. The zero-order chi connectivity index (χ0) is 18.7. The van der Waals surface area contributed by atoms with E-state index in [4.69, 9.17) is 0 Å². The first-order valence-electron chi connectivity index (χ1n) is 7.89. The molecule has 5 nitrogen and oxygen atoms in total.